The van der Waals surface area contributed by atoms with Crippen LogP contribution >= 0.6 is 0 Å². The first-order valence-corrected chi connectivity index (χ1v) is 8.11. The van der Waals surface area contributed by atoms with Gasteiger partial charge < -0.3 is 4.74 Å². The van der Waals surface area contributed by atoms with Gasteiger partial charge in [0.15, 0.2) is 0 Å². The molecule has 5 nitrogen and oxygen atoms in total. The van der Waals surface area contributed by atoms with Gasteiger partial charge in [-0.05, 0) is 48.9 Å². The summed E-state index contributed by atoms with van der Waals surface area (Å²) in [4.78, 5) is 0.126. The maximum atomic E-state index is 12.3. The summed E-state index contributed by atoms with van der Waals surface area (Å²) in [5.41, 5.74) is 1.22. The van der Waals surface area contributed by atoms with E-state index in [9.17, 15) is 8.42 Å². The van der Waals surface area contributed by atoms with Crippen LogP contribution < -0.4 is 9.46 Å². The van der Waals surface area contributed by atoms with Gasteiger partial charge in [-0.2, -0.15) is 5.26 Å². The Bertz CT molecular complexity index is 793. The Kier molecular flexibility index (Phi) is 4.81. The van der Waals surface area contributed by atoms with Crippen molar-refractivity contribution in [3.8, 4) is 11.8 Å². The van der Waals surface area contributed by atoms with Crippen LogP contribution in [0.1, 0.15) is 24.1 Å². The number of sulfonamides is 1. The van der Waals surface area contributed by atoms with Crippen LogP contribution in [0.15, 0.2) is 53.4 Å². The van der Waals surface area contributed by atoms with Crippen LogP contribution in [0.25, 0.3) is 0 Å². The molecule has 2 rings (SSSR count). The van der Waals surface area contributed by atoms with E-state index in [4.69, 9.17) is 10.00 Å². The molecule has 0 spiro atoms. The second-order valence-electron chi connectivity index (χ2n) is 4.76. The predicted octanol–water partition coefficient (Wildman–Crippen LogP) is 2.61. The summed E-state index contributed by atoms with van der Waals surface area (Å²) in [6.07, 6.45) is 0. The number of benzene rings is 2. The van der Waals surface area contributed by atoms with Gasteiger partial charge in [0.2, 0.25) is 10.0 Å². The minimum atomic E-state index is -3.65. The summed E-state index contributed by atoms with van der Waals surface area (Å²) in [7, 11) is -2.09. The van der Waals surface area contributed by atoms with Crippen LogP contribution in [0, 0.1) is 11.3 Å². The van der Waals surface area contributed by atoms with E-state index in [1.165, 1.54) is 24.3 Å². The van der Waals surface area contributed by atoms with E-state index in [1.807, 2.05) is 12.1 Å². The third kappa shape index (κ3) is 3.64. The first-order valence-electron chi connectivity index (χ1n) is 6.62. The van der Waals surface area contributed by atoms with Crippen molar-refractivity contribution in [1.82, 2.24) is 4.72 Å². The molecule has 0 saturated carbocycles. The van der Waals surface area contributed by atoms with E-state index in [0.717, 1.165) is 5.56 Å². The van der Waals surface area contributed by atoms with Crippen LogP contribution in [0.5, 0.6) is 5.75 Å². The van der Waals surface area contributed by atoms with Crippen molar-refractivity contribution >= 4 is 10.0 Å². The van der Waals surface area contributed by atoms with Gasteiger partial charge in [-0.25, -0.2) is 13.1 Å². The lowest BCUT2D eigenvalue weighted by molar-refractivity contribution is 0.413. The van der Waals surface area contributed by atoms with Gasteiger partial charge >= 0.3 is 0 Å². The highest BCUT2D eigenvalue weighted by Crippen LogP contribution is 2.21. The molecule has 0 fully saturated rings. The van der Waals surface area contributed by atoms with Gasteiger partial charge in [0.1, 0.15) is 5.75 Å². The molecule has 1 atom stereocenters. The van der Waals surface area contributed by atoms with Gasteiger partial charge in [0.25, 0.3) is 0 Å². The third-order valence-electron chi connectivity index (χ3n) is 3.22. The number of rotatable bonds is 5. The van der Waals surface area contributed by atoms with Gasteiger partial charge in [-0.3, -0.25) is 0 Å². The van der Waals surface area contributed by atoms with Gasteiger partial charge in [-0.15, -0.1) is 0 Å². The van der Waals surface area contributed by atoms with Crippen molar-refractivity contribution in [2.75, 3.05) is 7.11 Å². The Morgan fingerprint density at radius 2 is 1.86 bits per heavy atom. The summed E-state index contributed by atoms with van der Waals surface area (Å²) >= 11 is 0. The predicted molar refractivity (Wildman–Crippen MR) is 82.9 cm³/mol. The highest BCUT2D eigenvalue weighted by molar-refractivity contribution is 7.89. The van der Waals surface area contributed by atoms with E-state index in [1.54, 1.807) is 32.2 Å². The fourth-order valence-corrected chi connectivity index (χ4v) is 3.22. The zero-order valence-electron chi connectivity index (χ0n) is 12.3. The third-order valence-corrected chi connectivity index (χ3v) is 4.78. The largest absolute Gasteiger partial charge is 0.497 e. The molecule has 1 unspecified atom stereocenters. The lowest BCUT2D eigenvalue weighted by Crippen LogP contribution is -2.26. The molecule has 114 valence electrons. The molecule has 0 amide bonds. The normalized spacial score (nSPS) is 12.4. The molecule has 0 heterocycles. The quantitative estimate of drug-likeness (QED) is 0.919. The lowest BCUT2D eigenvalue weighted by atomic mass is 10.1. The van der Waals surface area contributed by atoms with Gasteiger partial charge in [0.05, 0.1) is 23.6 Å². The second kappa shape index (κ2) is 6.60. The SMILES string of the molecule is COc1cccc(C(C)NS(=O)(=O)c2ccc(C#N)cc2)c1. The minimum absolute atomic E-state index is 0.126. The van der Waals surface area contributed by atoms with Crippen LogP contribution in [-0.4, -0.2) is 15.5 Å². The number of hydrogen-bond donors (Lipinski definition) is 1. The van der Waals surface area contributed by atoms with Crippen molar-refractivity contribution in [3.63, 3.8) is 0 Å². The molecule has 1 N–H and O–H groups in total. The minimum Gasteiger partial charge on any atom is -0.497 e. The van der Waals surface area contributed by atoms with Crippen molar-refractivity contribution in [1.29, 1.82) is 5.26 Å². The van der Waals surface area contributed by atoms with Crippen LogP contribution in [0.2, 0.25) is 0 Å². The van der Waals surface area contributed by atoms with Crippen LogP contribution in [0.3, 0.4) is 0 Å². The molecule has 0 aromatic heterocycles. The number of nitrogens with one attached hydrogen (secondary N) is 1. The molecule has 0 saturated heterocycles. The topological polar surface area (TPSA) is 79.2 Å². The van der Waals surface area contributed by atoms with E-state index < -0.39 is 16.1 Å². The molecule has 0 aliphatic carbocycles. The molecular weight excluding hydrogens is 300 g/mol. The Morgan fingerprint density at radius 1 is 1.18 bits per heavy atom. The molecule has 2 aromatic rings. The van der Waals surface area contributed by atoms with E-state index in [0.29, 0.717) is 11.3 Å². The molecule has 0 aliphatic rings. The van der Waals surface area contributed by atoms with Crippen molar-refractivity contribution in [3.05, 3.63) is 59.7 Å². The van der Waals surface area contributed by atoms with Crippen molar-refractivity contribution in [2.24, 2.45) is 0 Å². The molecule has 0 radical (unpaired) electrons. The highest BCUT2D eigenvalue weighted by atomic mass is 32.2. The number of methoxy groups -OCH3 is 1. The zero-order valence-corrected chi connectivity index (χ0v) is 13.1. The van der Waals surface area contributed by atoms with E-state index in [-0.39, 0.29) is 4.90 Å². The van der Waals surface area contributed by atoms with E-state index in [2.05, 4.69) is 4.72 Å². The standard InChI is InChI=1S/C16H16N2O3S/c1-12(14-4-3-5-15(10-14)21-2)18-22(19,20)16-8-6-13(11-17)7-9-16/h3-10,12,18H,1-2H3. The number of nitriles is 1. The lowest BCUT2D eigenvalue weighted by Gasteiger charge is -2.15. The fraction of sp³-hybridized carbons (Fsp3) is 0.188. The Morgan fingerprint density at radius 3 is 2.45 bits per heavy atom. The number of hydrogen-bond acceptors (Lipinski definition) is 4. The molecular formula is C16H16N2O3S. The van der Waals surface area contributed by atoms with Crippen LogP contribution in [0.4, 0.5) is 0 Å². The fourth-order valence-electron chi connectivity index (χ4n) is 1.99. The maximum Gasteiger partial charge on any atom is 0.241 e. The molecule has 22 heavy (non-hydrogen) atoms. The smallest absolute Gasteiger partial charge is 0.241 e. The Hall–Kier alpha value is -2.36. The Labute approximate surface area is 130 Å². The molecule has 2 aromatic carbocycles. The Balaban J connectivity index is 2.21. The molecule has 0 aliphatic heterocycles. The summed E-state index contributed by atoms with van der Waals surface area (Å²) in [6.45, 7) is 1.76. The van der Waals surface area contributed by atoms with Gasteiger partial charge in [0, 0.05) is 6.04 Å². The zero-order chi connectivity index (χ0) is 16.2. The van der Waals surface area contributed by atoms with Crippen molar-refractivity contribution in [2.45, 2.75) is 17.9 Å². The summed E-state index contributed by atoms with van der Waals surface area (Å²) in [5.74, 6) is 0.668. The summed E-state index contributed by atoms with van der Waals surface area (Å²) in [5, 5.41) is 8.75. The van der Waals surface area contributed by atoms with Crippen molar-refractivity contribution < 1.29 is 13.2 Å². The summed E-state index contributed by atoms with van der Waals surface area (Å²) < 4.78 is 32.4. The number of ether oxygens (including phenoxy) is 1. The maximum absolute atomic E-state index is 12.3. The average molecular weight is 316 g/mol. The first-order chi connectivity index (χ1) is 10.5. The molecule has 6 heteroatoms. The second-order valence-corrected chi connectivity index (χ2v) is 6.47. The highest BCUT2D eigenvalue weighted by Gasteiger charge is 2.18. The van der Waals surface area contributed by atoms with Gasteiger partial charge in [-0.1, -0.05) is 12.1 Å². The van der Waals surface area contributed by atoms with E-state index >= 15 is 0 Å². The average Bonchev–Trinajstić information content (AvgIpc) is 2.54. The molecule has 0 bridgehead atoms. The first kappa shape index (κ1) is 16.0. The number of nitrogens with zero attached hydrogens (tertiary/aromatic N) is 1. The summed E-state index contributed by atoms with van der Waals surface area (Å²) in [6, 6.07) is 14.5. The van der Waals surface area contributed by atoms with Crippen LogP contribution in [-0.2, 0) is 10.0 Å². The monoisotopic (exact) mass is 316 g/mol.